The number of nitrogens with one attached hydrogen (secondary N) is 2. The van der Waals surface area contributed by atoms with Gasteiger partial charge in [-0.15, -0.1) is 24.0 Å². The fourth-order valence-electron chi connectivity index (χ4n) is 3.29. The summed E-state index contributed by atoms with van der Waals surface area (Å²) in [5.41, 5.74) is 1.37. The number of hydrogen-bond acceptors (Lipinski definition) is 3. The molecule has 0 aliphatic carbocycles. The van der Waals surface area contributed by atoms with Gasteiger partial charge in [-0.2, -0.15) is 0 Å². The maximum atomic E-state index is 12.0. The molecule has 2 N–H and O–H groups in total. The second kappa shape index (κ2) is 11.0. The SMILES string of the molecule is CN=C(NCC(=O)NCc1ccco1)N1CCC(Cc2ccccc2)C1.I. The molecule has 2 heterocycles. The van der Waals surface area contributed by atoms with Crippen molar-refractivity contribution in [2.45, 2.75) is 19.4 Å². The highest BCUT2D eigenvalue weighted by atomic mass is 127. The third kappa shape index (κ3) is 6.57. The molecule has 146 valence electrons. The summed E-state index contributed by atoms with van der Waals surface area (Å²) in [5, 5.41) is 5.99. The van der Waals surface area contributed by atoms with Crippen LogP contribution >= 0.6 is 24.0 Å². The van der Waals surface area contributed by atoms with Crippen molar-refractivity contribution < 1.29 is 9.21 Å². The van der Waals surface area contributed by atoms with Crippen LogP contribution in [-0.2, 0) is 17.8 Å². The molecule has 3 rings (SSSR count). The maximum absolute atomic E-state index is 12.0. The van der Waals surface area contributed by atoms with Crippen molar-refractivity contribution in [2.24, 2.45) is 10.9 Å². The van der Waals surface area contributed by atoms with Crippen LogP contribution in [0, 0.1) is 5.92 Å². The van der Waals surface area contributed by atoms with E-state index in [0.29, 0.717) is 12.5 Å². The molecule has 1 saturated heterocycles. The number of carbonyl (C=O) groups is 1. The van der Waals surface area contributed by atoms with Crippen molar-refractivity contribution in [2.75, 3.05) is 26.7 Å². The number of rotatable bonds is 6. The number of furan rings is 1. The summed E-state index contributed by atoms with van der Waals surface area (Å²) in [4.78, 5) is 18.5. The number of aliphatic imine (C=N–C) groups is 1. The quantitative estimate of drug-likeness (QED) is 0.378. The predicted molar refractivity (Wildman–Crippen MR) is 117 cm³/mol. The van der Waals surface area contributed by atoms with Crippen molar-refractivity contribution in [1.29, 1.82) is 0 Å². The summed E-state index contributed by atoms with van der Waals surface area (Å²) in [6.45, 7) is 2.52. The average Bonchev–Trinajstić information content (AvgIpc) is 3.34. The summed E-state index contributed by atoms with van der Waals surface area (Å²) < 4.78 is 5.21. The van der Waals surface area contributed by atoms with Gasteiger partial charge >= 0.3 is 0 Å². The van der Waals surface area contributed by atoms with Crippen LogP contribution in [0.25, 0.3) is 0 Å². The Bertz CT molecular complexity index is 719. The van der Waals surface area contributed by atoms with Crippen LogP contribution in [0.3, 0.4) is 0 Å². The van der Waals surface area contributed by atoms with Crippen molar-refractivity contribution >= 4 is 35.8 Å². The molecule has 0 saturated carbocycles. The van der Waals surface area contributed by atoms with Gasteiger partial charge in [0.15, 0.2) is 5.96 Å². The zero-order valence-corrected chi connectivity index (χ0v) is 17.9. The second-order valence-electron chi connectivity index (χ2n) is 6.55. The molecule has 1 aliphatic rings. The van der Waals surface area contributed by atoms with Gasteiger partial charge in [0.2, 0.25) is 5.91 Å². The molecule has 1 aliphatic heterocycles. The monoisotopic (exact) mass is 482 g/mol. The highest BCUT2D eigenvalue weighted by molar-refractivity contribution is 14.0. The molecular formula is C20H27IN4O2. The molecule has 1 unspecified atom stereocenters. The van der Waals surface area contributed by atoms with Gasteiger partial charge in [-0.1, -0.05) is 30.3 Å². The maximum Gasteiger partial charge on any atom is 0.239 e. The zero-order valence-electron chi connectivity index (χ0n) is 15.6. The highest BCUT2D eigenvalue weighted by Crippen LogP contribution is 2.20. The van der Waals surface area contributed by atoms with Gasteiger partial charge in [-0.05, 0) is 36.5 Å². The van der Waals surface area contributed by atoms with Crippen molar-refractivity contribution in [3.8, 4) is 0 Å². The number of benzene rings is 1. The summed E-state index contributed by atoms with van der Waals surface area (Å²) in [5.74, 6) is 2.06. The van der Waals surface area contributed by atoms with Gasteiger partial charge < -0.3 is 20.0 Å². The van der Waals surface area contributed by atoms with E-state index in [-0.39, 0.29) is 36.4 Å². The number of hydrogen-bond donors (Lipinski definition) is 2. The first-order valence-electron chi connectivity index (χ1n) is 9.03. The third-order valence-electron chi connectivity index (χ3n) is 4.61. The van der Waals surface area contributed by atoms with Crippen molar-refractivity contribution in [1.82, 2.24) is 15.5 Å². The van der Waals surface area contributed by atoms with Gasteiger partial charge in [0, 0.05) is 20.1 Å². The summed E-state index contributed by atoms with van der Waals surface area (Å²) >= 11 is 0. The number of likely N-dealkylation sites (tertiary alicyclic amines) is 1. The molecule has 1 atom stereocenters. The molecule has 0 bridgehead atoms. The van der Waals surface area contributed by atoms with Gasteiger partial charge in [0.25, 0.3) is 0 Å². The Hall–Kier alpha value is -2.03. The second-order valence-corrected chi connectivity index (χ2v) is 6.55. The molecular weight excluding hydrogens is 455 g/mol. The minimum atomic E-state index is -0.0809. The standard InChI is InChI=1S/C20H26N4O2.HI/c1-21-20(23-14-19(25)22-13-18-8-5-11-26-18)24-10-9-17(15-24)12-16-6-3-2-4-7-16;/h2-8,11,17H,9-10,12-15H2,1H3,(H,21,23)(H,22,25);1H. The van der Waals surface area contributed by atoms with E-state index < -0.39 is 0 Å². The normalized spacial score (nSPS) is 16.7. The average molecular weight is 482 g/mol. The third-order valence-corrected chi connectivity index (χ3v) is 4.61. The van der Waals surface area contributed by atoms with Gasteiger partial charge in [0.05, 0.1) is 19.4 Å². The molecule has 1 amide bonds. The van der Waals surface area contributed by atoms with E-state index in [1.807, 2.05) is 12.1 Å². The first kappa shape index (κ1) is 21.3. The van der Waals surface area contributed by atoms with Gasteiger partial charge in [-0.25, -0.2) is 0 Å². The van der Waals surface area contributed by atoms with Crippen LogP contribution in [0.5, 0.6) is 0 Å². The highest BCUT2D eigenvalue weighted by Gasteiger charge is 2.25. The van der Waals surface area contributed by atoms with Crippen LogP contribution in [0.2, 0.25) is 0 Å². The number of carbonyl (C=O) groups excluding carboxylic acids is 1. The fourth-order valence-corrected chi connectivity index (χ4v) is 3.29. The number of halogens is 1. The van der Waals surface area contributed by atoms with E-state index in [0.717, 1.165) is 37.7 Å². The Morgan fingerprint density at radius 3 is 2.74 bits per heavy atom. The fraction of sp³-hybridized carbons (Fsp3) is 0.400. The molecule has 1 aromatic carbocycles. The number of nitrogens with zero attached hydrogens (tertiary/aromatic N) is 2. The summed E-state index contributed by atoms with van der Waals surface area (Å²) in [6.07, 6.45) is 3.82. The lowest BCUT2D eigenvalue weighted by Gasteiger charge is -2.21. The molecule has 27 heavy (non-hydrogen) atoms. The molecule has 0 spiro atoms. The molecule has 2 aromatic rings. The Labute approximate surface area is 177 Å². The van der Waals surface area contributed by atoms with E-state index in [4.69, 9.17) is 4.42 Å². The van der Waals surface area contributed by atoms with E-state index in [1.165, 1.54) is 5.56 Å². The lowest BCUT2D eigenvalue weighted by molar-refractivity contribution is -0.120. The lowest BCUT2D eigenvalue weighted by Crippen LogP contribution is -2.44. The van der Waals surface area contributed by atoms with Crippen LogP contribution in [0.15, 0.2) is 58.1 Å². The largest absolute Gasteiger partial charge is 0.467 e. The predicted octanol–water partition coefficient (Wildman–Crippen LogP) is 2.65. The van der Waals surface area contributed by atoms with Gasteiger partial charge in [-0.3, -0.25) is 9.79 Å². The van der Waals surface area contributed by atoms with E-state index in [2.05, 4.69) is 44.8 Å². The first-order chi connectivity index (χ1) is 12.7. The smallest absolute Gasteiger partial charge is 0.239 e. The van der Waals surface area contributed by atoms with E-state index in [1.54, 1.807) is 19.4 Å². The van der Waals surface area contributed by atoms with Crippen molar-refractivity contribution in [3.05, 3.63) is 60.1 Å². The Morgan fingerprint density at radius 2 is 2.04 bits per heavy atom. The molecule has 1 aromatic heterocycles. The van der Waals surface area contributed by atoms with Crippen LogP contribution in [-0.4, -0.2) is 43.4 Å². The Kier molecular flexibility index (Phi) is 8.63. The molecule has 6 nitrogen and oxygen atoms in total. The molecule has 7 heteroatoms. The van der Waals surface area contributed by atoms with E-state index >= 15 is 0 Å². The van der Waals surface area contributed by atoms with E-state index in [9.17, 15) is 4.79 Å². The van der Waals surface area contributed by atoms with Crippen LogP contribution in [0.4, 0.5) is 0 Å². The number of amides is 1. The topological polar surface area (TPSA) is 69.9 Å². The summed E-state index contributed by atoms with van der Waals surface area (Å²) in [6, 6.07) is 14.2. The summed E-state index contributed by atoms with van der Waals surface area (Å²) in [7, 11) is 1.76. The van der Waals surface area contributed by atoms with Gasteiger partial charge in [0.1, 0.15) is 5.76 Å². The van der Waals surface area contributed by atoms with Crippen LogP contribution in [0.1, 0.15) is 17.7 Å². The molecule has 1 fully saturated rings. The zero-order chi connectivity index (χ0) is 18.2. The lowest BCUT2D eigenvalue weighted by atomic mass is 9.99. The van der Waals surface area contributed by atoms with Crippen LogP contribution < -0.4 is 10.6 Å². The molecule has 0 radical (unpaired) electrons. The van der Waals surface area contributed by atoms with Crippen molar-refractivity contribution in [3.63, 3.8) is 0 Å². The first-order valence-corrected chi connectivity index (χ1v) is 9.03. The minimum Gasteiger partial charge on any atom is -0.467 e. The minimum absolute atomic E-state index is 0. The Balaban J connectivity index is 0.00000261. The Morgan fingerprint density at radius 1 is 1.22 bits per heavy atom. The number of guanidine groups is 1.